The number of rotatable bonds is 6. The summed E-state index contributed by atoms with van der Waals surface area (Å²) in [7, 11) is 1.99. The van der Waals surface area contributed by atoms with Gasteiger partial charge in [0.05, 0.1) is 17.1 Å². The van der Waals surface area contributed by atoms with Crippen LogP contribution < -0.4 is 5.32 Å². The molecule has 4 aromatic rings. The zero-order valence-electron chi connectivity index (χ0n) is 15.7. The van der Waals surface area contributed by atoms with Gasteiger partial charge in [-0.05, 0) is 29.3 Å². The van der Waals surface area contributed by atoms with E-state index < -0.39 is 0 Å². The molecule has 0 spiro atoms. The van der Waals surface area contributed by atoms with Crippen LogP contribution in [0.5, 0.6) is 0 Å². The second kappa shape index (κ2) is 8.05. The first-order valence-electron chi connectivity index (χ1n) is 9.37. The van der Waals surface area contributed by atoms with E-state index in [1.165, 1.54) is 0 Å². The Labute approximate surface area is 164 Å². The van der Waals surface area contributed by atoms with E-state index in [4.69, 9.17) is 0 Å². The number of carbonyl (C=O) groups is 1. The summed E-state index contributed by atoms with van der Waals surface area (Å²) >= 11 is 0. The van der Waals surface area contributed by atoms with Crippen molar-refractivity contribution in [2.24, 2.45) is 7.05 Å². The lowest BCUT2D eigenvalue weighted by Crippen LogP contribution is -2.29. The van der Waals surface area contributed by atoms with Crippen molar-refractivity contribution >= 4 is 16.9 Å². The molecule has 1 atom stereocenters. The fourth-order valence-electron chi connectivity index (χ4n) is 3.43. The molecule has 5 heteroatoms. The van der Waals surface area contributed by atoms with Gasteiger partial charge in [0.25, 0.3) is 0 Å². The molecule has 140 valence electrons. The second-order valence-corrected chi connectivity index (χ2v) is 6.77. The number of carbonyl (C=O) groups excluding carboxylic acids is 1. The summed E-state index contributed by atoms with van der Waals surface area (Å²) in [4.78, 5) is 21.6. The van der Waals surface area contributed by atoms with Crippen LogP contribution in [0.15, 0.2) is 79.1 Å². The molecular weight excluding hydrogens is 348 g/mol. The molecule has 2 aromatic carbocycles. The Morgan fingerprint density at radius 2 is 1.75 bits per heavy atom. The van der Waals surface area contributed by atoms with E-state index in [2.05, 4.69) is 19.9 Å². The van der Waals surface area contributed by atoms with Crippen LogP contribution in [-0.2, 0) is 18.3 Å². The summed E-state index contributed by atoms with van der Waals surface area (Å²) in [6.45, 7) is 0. The van der Waals surface area contributed by atoms with Gasteiger partial charge in [-0.1, -0.05) is 48.5 Å². The van der Waals surface area contributed by atoms with Crippen molar-refractivity contribution in [2.75, 3.05) is 0 Å². The normalized spacial score (nSPS) is 12.0. The monoisotopic (exact) mass is 370 g/mol. The molecule has 0 saturated heterocycles. The minimum Gasteiger partial charge on any atom is -0.345 e. The molecule has 0 aliphatic heterocycles. The third-order valence-electron chi connectivity index (χ3n) is 4.91. The Morgan fingerprint density at radius 1 is 1.00 bits per heavy atom. The van der Waals surface area contributed by atoms with Crippen molar-refractivity contribution in [1.82, 2.24) is 19.9 Å². The number of fused-ring (bicyclic) bond motifs is 1. The smallest absolute Gasteiger partial charge is 0.221 e. The number of nitrogens with zero attached hydrogens (tertiary/aromatic N) is 3. The van der Waals surface area contributed by atoms with Crippen LogP contribution in [0.2, 0.25) is 0 Å². The largest absolute Gasteiger partial charge is 0.345 e. The van der Waals surface area contributed by atoms with Gasteiger partial charge >= 0.3 is 0 Å². The summed E-state index contributed by atoms with van der Waals surface area (Å²) in [5.41, 5.74) is 4.03. The first-order chi connectivity index (χ1) is 13.7. The maximum absolute atomic E-state index is 12.7. The van der Waals surface area contributed by atoms with Crippen molar-refractivity contribution in [3.8, 4) is 0 Å². The van der Waals surface area contributed by atoms with Gasteiger partial charge in [0, 0.05) is 32.3 Å². The first-order valence-corrected chi connectivity index (χ1v) is 9.37. The molecule has 28 heavy (non-hydrogen) atoms. The molecule has 0 unspecified atom stereocenters. The molecule has 1 amide bonds. The lowest BCUT2D eigenvalue weighted by atomic mass is 10.00. The molecule has 0 saturated carbocycles. The van der Waals surface area contributed by atoms with Gasteiger partial charge in [0.2, 0.25) is 5.91 Å². The average Bonchev–Trinajstić information content (AvgIpc) is 3.07. The zero-order chi connectivity index (χ0) is 19.3. The predicted octanol–water partition coefficient (Wildman–Crippen LogP) is 3.81. The van der Waals surface area contributed by atoms with Crippen LogP contribution in [0.3, 0.4) is 0 Å². The van der Waals surface area contributed by atoms with E-state index in [0.717, 1.165) is 28.0 Å². The van der Waals surface area contributed by atoms with Gasteiger partial charge in [-0.15, -0.1) is 0 Å². The highest BCUT2D eigenvalue weighted by molar-refractivity contribution is 5.78. The van der Waals surface area contributed by atoms with Crippen molar-refractivity contribution in [3.63, 3.8) is 0 Å². The minimum atomic E-state index is -0.220. The molecule has 0 aliphatic rings. The number of hydrogen-bond acceptors (Lipinski definition) is 3. The van der Waals surface area contributed by atoms with E-state index in [0.29, 0.717) is 12.8 Å². The Bertz CT molecular complexity index is 1030. The third-order valence-corrected chi connectivity index (χ3v) is 4.91. The minimum absolute atomic E-state index is 0.00948. The molecule has 0 aliphatic carbocycles. The Balaban J connectivity index is 1.49. The maximum atomic E-state index is 12.7. The fraction of sp³-hybridized carbons (Fsp3) is 0.174. The number of amides is 1. The van der Waals surface area contributed by atoms with Gasteiger partial charge in [-0.25, -0.2) is 4.98 Å². The summed E-state index contributed by atoms with van der Waals surface area (Å²) in [6.07, 6.45) is 4.49. The average molecular weight is 370 g/mol. The highest BCUT2D eigenvalue weighted by atomic mass is 16.1. The summed E-state index contributed by atoms with van der Waals surface area (Å²) in [5, 5.41) is 3.16. The number of aromatic nitrogens is 3. The highest BCUT2D eigenvalue weighted by Gasteiger charge is 2.17. The third kappa shape index (κ3) is 3.78. The molecule has 4 rings (SSSR count). The van der Waals surface area contributed by atoms with E-state index in [9.17, 15) is 4.79 Å². The standard InChI is InChI=1S/C23H22N4O/c1-27-20-12-6-5-11-19(20)25-21(27)13-14-22(28)26-23(17-8-3-2-4-9-17)18-10-7-15-24-16-18/h2-12,15-16,23H,13-14H2,1H3,(H,26,28)/t23-/m0/s1. The summed E-state index contributed by atoms with van der Waals surface area (Å²) < 4.78 is 2.05. The Kier molecular flexibility index (Phi) is 5.15. The number of imidazole rings is 1. The number of hydrogen-bond donors (Lipinski definition) is 1. The number of nitrogens with one attached hydrogen (secondary N) is 1. The van der Waals surface area contributed by atoms with Gasteiger partial charge in [-0.3, -0.25) is 9.78 Å². The van der Waals surface area contributed by atoms with Crippen LogP contribution in [-0.4, -0.2) is 20.4 Å². The number of aryl methyl sites for hydroxylation is 2. The van der Waals surface area contributed by atoms with Gasteiger partial charge in [0.15, 0.2) is 0 Å². The fourth-order valence-corrected chi connectivity index (χ4v) is 3.43. The quantitative estimate of drug-likeness (QED) is 0.561. The molecule has 0 bridgehead atoms. The lowest BCUT2D eigenvalue weighted by Gasteiger charge is -2.19. The number of benzene rings is 2. The van der Waals surface area contributed by atoms with E-state index in [-0.39, 0.29) is 11.9 Å². The molecular formula is C23H22N4O. The van der Waals surface area contributed by atoms with E-state index in [1.807, 2.05) is 73.8 Å². The number of para-hydroxylation sites is 2. The molecule has 2 aromatic heterocycles. The topological polar surface area (TPSA) is 59.8 Å². The molecule has 0 radical (unpaired) electrons. The lowest BCUT2D eigenvalue weighted by molar-refractivity contribution is -0.121. The van der Waals surface area contributed by atoms with Gasteiger partial charge in [-0.2, -0.15) is 0 Å². The van der Waals surface area contributed by atoms with Crippen molar-refractivity contribution in [3.05, 3.63) is 96.1 Å². The molecule has 1 N–H and O–H groups in total. The van der Waals surface area contributed by atoms with Crippen LogP contribution in [0.4, 0.5) is 0 Å². The summed E-state index contributed by atoms with van der Waals surface area (Å²) in [6, 6.07) is 21.6. The van der Waals surface area contributed by atoms with Crippen LogP contribution in [0, 0.1) is 0 Å². The van der Waals surface area contributed by atoms with Gasteiger partial charge < -0.3 is 9.88 Å². The van der Waals surface area contributed by atoms with Crippen molar-refractivity contribution in [1.29, 1.82) is 0 Å². The first kappa shape index (κ1) is 17.9. The summed E-state index contributed by atoms with van der Waals surface area (Å²) in [5.74, 6) is 0.902. The van der Waals surface area contributed by atoms with Crippen LogP contribution in [0.25, 0.3) is 11.0 Å². The van der Waals surface area contributed by atoms with Crippen LogP contribution >= 0.6 is 0 Å². The van der Waals surface area contributed by atoms with Crippen LogP contribution in [0.1, 0.15) is 29.4 Å². The second-order valence-electron chi connectivity index (χ2n) is 6.77. The molecule has 0 fully saturated rings. The zero-order valence-corrected chi connectivity index (χ0v) is 15.7. The van der Waals surface area contributed by atoms with Crippen molar-refractivity contribution in [2.45, 2.75) is 18.9 Å². The Morgan fingerprint density at radius 3 is 2.50 bits per heavy atom. The molecule has 2 heterocycles. The van der Waals surface area contributed by atoms with Crippen molar-refractivity contribution < 1.29 is 4.79 Å². The maximum Gasteiger partial charge on any atom is 0.221 e. The SMILES string of the molecule is Cn1c(CCC(=O)N[C@@H](c2ccccc2)c2cccnc2)nc2ccccc21. The number of pyridine rings is 1. The van der Waals surface area contributed by atoms with E-state index >= 15 is 0 Å². The van der Waals surface area contributed by atoms with Gasteiger partial charge in [0.1, 0.15) is 5.82 Å². The predicted molar refractivity (Wildman–Crippen MR) is 110 cm³/mol. The molecule has 5 nitrogen and oxygen atoms in total. The Hall–Kier alpha value is -3.47. The highest BCUT2D eigenvalue weighted by Crippen LogP contribution is 2.21. The van der Waals surface area contributed by atoms with E-state index in [1.54, 1.807) is 12.4 Å².